The number of hydrogen-bond donors (Lipinski definition) is 0. The van der Waals surface area contributed by atoms with Gasteiger partial charge in [0.1, 0.15) is 5.92 Å². The largest absolute Gasteiger partial charge is 0.468 e. The summed E-state index contributed by atoms with van der Waals surface area (Å²) < 4.78 is 4.76. The zero-order valence-electron chi connectivity index (χ0n) is 10.5. The first kappa shape index (κ1) is 12.3. The molecule has 92 valence electrons. The Labute approximate surface area is 105 Å². The van der Waals surface area contributed by atoms with Gasteiger partial charge in [0.15, 0.2) is 5.78 Å². The number of rotatable bonds is 1. The van der Waals surface area contributed by atoms with Gasteiger partial charge in [-0.1, -0.05) is 13.8 Å². The summed E-state index contributed by atoms with van der Waals surface area (Å²) in [7, 11) is 1.33. The minimum Gasteiger partial charge on any atom is -0.468 e. The van der Waals surface area contributed by atoms with Gasteiger partial charge >= 0.3 is 5.97 Å². The Morgan fingerprint density at radius 3 is 2.76 bits per heavy atom. The standard InChI is InChI=1S/C13H16O3S/c1-7-5-8-6-13(2,3)9(12(15)16-4)10(14)11(8)17-7/h5,9H,6H2,1-4H3. The highest BCUT2D eigenvalue weighted by molar-refractivity contribution is 7.14. The first-order valence-electron chi connectivity index (χ1n) is 5.58. The number of fused-ring (bicyclic) bond motifs is 1. The monoisotopic (exact) mass is 252 g/mol. The van der Waals surface area contributed by atoms with E-state index < -0.39 is 11.9 Å². The van der Waals surface area contributed by atoms with Crippen LogP contribution in [0.4, 0.5) is 0 Å². The average molecular weight is 252 g/mol. The van der Waals surface area contributed by atoms with Crippen molar-refractivity contribution in [1.29, 1.82) is 0 Å². The Morgan fingerprint density at radius 2 is 2.18 bits per heavy atom. The van der Waals surface area contributed by atoms with E-state index in [9.17, 15) is 9.59 Å². The molecule has 0 amide bonds. The third-order valence-corrected chi connectivity index (χ3v) is 4.39. The van der Waals surface area contributed by atoms with Crippen LogP contribution in [-0.4, -0.2) is 18.9 Å². The number of methoxy groups -OCH3 is 1. The molecule has 3 nitrogen and oxygen atoms in total. The lowest BCUT2D eigenvalue weighted by atomic mass is 9.68. The fourth-order valence-electron chi connectivity index (χ4n) is 2.53. The van der Waals surface area contributed by atoms with Crippen LogP contribution < -0.4 is 0 Å². The van der Waals surface area contributed by atoms with E-state index in [0.717, 1.165) is 21.7 Å². The number of Topliss-reactive ketones (excluding diaryl/α,β-unsaturated/α-hetero) is 1. The maximum Gasteiger partial charge on any atom is 0.317 e. The maximum atomic E-state index is 12.4. The Morgan fingerprint density at radius 1 is 1.53 bits per heavy atom. The number of carbonyl (C=O) groups excluding carboxylic acids is 2. The van der Waals surface area contributed by atoms with E-state index in [4.69, 9.17) is 4.74 Å². The van der Waals surface area contributed by atoms with Crippen LogP contribution in [0.25, 0.3) is 0 Å². The van der Waals surface area contributed by atoms with E-state index >= 15 is 0 Å². The van der Waals surface area contributed by atoms with E-state index in [-0.39, 0.29) is 11.2 Å². The molecule has 0 aromatic carbocycles. The van der Waals surface area contributed by atoms with Crippen molar-refractivity contribution >= 4 is 23.1 Å². The van der Waals surface area contributed by atoms with Crippen LogP contribution in [0.15, 0.2) is 6.07 Å². The fourth-order valence-corrected chi connectivity index (χ4v) is 3.53. The molecule has 0 radical (unpaired) electrons. The molecule has 17 heavy (non-hydrogen) atoms. The Balaban J connectivity index is 2.50. The van der Waals surface area contributed by atoms with Gasteiger partial charge in [-0.25, -0.2) is 0 Å². The fraction of sp³-hybridized carbons (Fsp3) is 0.538. The van der Waals surface area contributed by atoms with E-state index in [1.165, 1.54) is 18.4 Å². The summed E-state index contributed by atoms with van der Waals surface area (Å²) in [6.07, 6.45) is 0.748. The molecule has 0 bridgehead atoms. The zero-order chi connectivity index (χ0) is 12.8. The van der Waals surface area contributed by atoms with Crippen molar-refractivity contribution in [2.75, 3.05) is 7.11 Å². The van der Waals surface area contributed by atoms with Gasteiger partial charge in [0.05, 0.1) is 12.0 Å². The summed E-state index contributed by atoms with van der Waals surface area (Å²) in [5, 5.41) is 0. The van der Waals surface area contributed by atoms with Gasteiger partial charge in [-0.05, 0) is 30.4 Å². The lowest BCUT2D eigenvalue weighted by molar-refractivity contribution is -0.147. The number of aryl methyl sites for hydroxylation is 1. The molecule has 0 saturated heterocycles. The third kappa shape index (κ3) is 1.90. The van der Waals surface area contributed by atoms with Crippen molar-refractivity contribution in [2.45, 2.75) is 27.2 Å². The average Bonchev–Trinajstić information content (AvgIpc) is 2.57. The predicted octanol–water partition coefficient (Wildman–Crippen LogP) is 2.61. The molecule has 0 spiro atoms. The molecule has 0 saturated carbocycles. The topological polar surface area (TPSA) is 43.4 Å². The molecule has 1 aliphatic carbocycles. The molecule has 0 fully saturated rings. The summed E-state index contributed by atoms with van der Waals surface area (Å²) in [5.41, 5.74) is 0.702. The minimum atomic E-state index is -0.668. The first-order chi connectivity index (χ1) is 7.86. The Hall–Kier alpha value is -1.16. The van der Waals surface area contributed by atoms with Crippen molar-refractivity contribution < 1.29 is 14.3 Å². The van der Waals surface area contributed by atoms with Gasteiger partial charge in [-0.2, -0.15) is 0 Å². The molecule has 1 heterocycles. The molecule has 1 aliphatic rings. The van der Waals surface area contributed by atoms with Gasteiger partial charge in [-0.3, -0.25) is 9.59 Å². The smallest absolute Gasteiger partial charge is 0.317 e. The van der Waals surface area contributed by atoms with Crippen molar-refractivity contribution in [1.82, 2.24) is 0 Å². The maximum absolute atomic E-state index is 12.4. The van der Waals surface area contributed by atoms with Crippen LogP contribution in [0.2, 0.25) is 0 Å². The van der Waals surface area contributed by atoms with Crippen LogP contribution in [0.3, 0.4) is 0 Å². The highest BCUT2D eigenvalue weighted by Crippen LogP contribution is 2.42. The van der Waals surface area contributed by atoms with Crippen molar-refractivity contribution in [3.05, 3.63) is 21.4 Å². The van der Waals surface area contributed by atoms with Crippen molar-refractivity contribution in [3.63, 3.8) is 0 Å². The van der Waals surface area contributed by atoms with E-state index in [1.807, 2.05) is 26.8 Å². The molecule has 2 rings (SSSR count). The quantitative estimate of drug-likeness (QED) is 0.570. The van der Waals surface area contributed by atoms with Gasteiger partial charge in [0.2, 0.25) is 0 Å². The van der Waals surface area contributed by atoms with Crippen LogP contribution in [0.5, 0.6) is 0 Å². The third-order valence-electron chi connectivity index (χ3n) is 3.28. The second-order valence-electron chi connectivity index (χ2n) is 5.20. The molecule has 1 atom stereocenters. The number of carbonyl (C=O) groups is 2. The van der Waals surface area contributed by atoms with E-state index in [2.05, 4.69) is 0 Å². The molecule has 0 N–H and O–H groups in total. The van der Waals surface area contributed by atoms with Gasteiger partial charge in [0.25, 0.3) is 0 Å². The summed E-state index contributed by atoms with van der Waals surface area (Å²) >= 11 is 1.47. The van der Waals surface area contributed by atoms with Crippen LogP contribution in [0.1, 0.15) is 34.0 Å². The number of esters is 1. The zero-order valence-corrected chi connectivity index (χ0v) is 11.3. The first-order valence-corrected chi connectivity index (χ1v) is 6.40. The normalized spacial score (nSPS) is 22.1. The second kappa shape index (κ2) is 3.95. The van der Waals surface area contributed by atoms with Crippen molar-refractivity contribution in [2.24, 2.45) is 11.3 Å². The Bertz CT molecular complexity index is 485. The highest BCUT2D eigenvalue weighted by atomic mass is 32.1. The second-order valence-corrected chi connectivity index (χ2v) is 6.45. The molecular formula is C13H16O3S. The molecule has 0 aliphatic heterocycles. The number of ether oxygens (including phenoxy) is 1. The van der Waals surface area contributed by atoms with Gasteiger partial charge in [0, 0.05) is 4.88 Å². The summed E-state index contributed by atoms with van der Waals surface area (Å²) in [6, 6.07) is 2.05. The summed E-state index contributed by atoms with van der Waals surface area (Å²) in [6.45, 7) is 5.88. The molecule has 1 unspecified atom stereocenters. The lowest BCUT2D eigenvalue weighted by Gasteiger charge is -2.35. The number of ketones is 1. The molecule has 4 heteroatoms. The summed E-state index contributed by atoms with van der Waals surface area (Å²) in [4.78, 5) is 26.0. The predicted molar refractivity (Wildman–Crippen MR) is 66.4 cm³/mol. The van der Waals surface area contributed by atoms with Crippen LogP contribution in [-0.2, 0) is 16.0 Å². The summed E-state index contributed by atoms with van der Waals surface area (Å²) in [5.74, 6) is -1.17. The van der Waals surface area contributed by atoms with Crippen molar-refractivity contribution in [3.8, 4) is 0 Å². The minimum absolute atomic E-state index is 0.0822. The lowest BCUT2D eigenvalue weighted by Crippen LogP contribution is -2.42. The molecule has 1 aromatic heterocycles. The van der Waals surface area contributed by atoms with E-state index in [1.54, 1.807) is 0 Å². The van der Waals surface area contributed by atoms with Crippen LogP contribution in [0, 0.1) is 18.3 Å². The Kier molecular flexibility index (Phi) is 2.86. The van der Waals surface area contributed by atoms with Crippen LogP contribution >= 0.6 is 11.3 Å². The van der Waals surface area contributed by atoms with Gasteiger partial charge < -0.3 is 4.74 Å². The highest BCUT2D eigenvalue weighted by Gasteiger charge is 2.47. The SMILES string of the molecule is COC(=O)C1C(=O)c2sc(C)cc2CC1(C)C. The number of thiophene rings is 1. The van der Waals surface area contributed by atoms with E-state index in [0.29, 0.717) is 0 Å². The molecular weight excluding hydrogens is 236 g/mol. The molecule has 1 aromatic rings. The van der Waals surface area contributed by atoms with Gasteiger partial charge in [-0.15, -0.1) is 11.3 Å². The number of hydrogen-bond acceptors (Lipinski definition) is 4.